The van der Waals surface area contributed by atoms with Gasteiger partial charge in [0.05, 0.1) is 0 Å². The second kappa shape index (κ2) is 5.16. The van der Waals surface area contributed by atoms with Crippen molar-refractivity contribution in [1.29, 1.82) is 0 Å². The Kier molecular flexibility index (Phi) is 4.14. The van der Waals surface area contributed by atoms with E-state index in [4.69, 9.17) is 0 Å². The highest BCUT2D eigenvalue weighted by atomic mass is 14.3. The van der Waals surface area contributed by atoms with Crippen molar-refractivity contribution in [1.82, 2.24) is 0 Å². The molecule has 82 valence electrons. The van der Waals surface area contributed by atoms with Gasteiger partial charge < -0.3 is 0 Å². The zero-order valence-electron chi connectivity index (χ0n) is 10.3. The number of rotatable bonds is 4. The first-order valence-corrected chi connectivity index (χ1v) is 5.77. The molecule has 0 aromatic rings. The van der Waals surface area contributed by atoms with Gasteiger partial charge in [-0.3, -0.25) is 0 Å². The highest BCUT2D eigenvalue weighted by molar-refractivity contribution is 5.50. The van der Waals surface area contributed by atoms with E-state index in [2.05, 4.69) is 40.0 Å². The maximum Gasteiger partial charge on any atom is -0.0156 e. The minimum absolute atomic E-state index is 0.726. The monoisotopic (exact) mass is 202 g/mol. The van der Waals surface area contributed by atoms with Gasteiger partial charge in [0.25, 0.3) is 0 Å². The molecule has 0 heterocycles. The van der Waals surface area contributed by atoms with Gasteiger partial charge in [-0.15, -0.1) is 0 Å². The summed E-state index contributed by atoms with van der Waals surface area (Å²) in [4.78, 5) is 0. The van der Waals surface area contributed by atoms with Crippen molar-refractivity contribution in [2.24, 2.45) is 5.92 Å². The molecule has 0 nitrogen and oxygen atoms in total. The molecule has 0 atom stereocenters. The highest BCUT2D eigenvalue weighted by Gasteiger charge is 2.23. The molecule has 1 aliphatic carbocycles. The molecule has 0 heteroatoms. The van der Waals surface area contributed by atoms with Crippen LogP contribution >= 0.6 is 0 Å². The third-order valence-corrected chi connectivity index (χ3v) is 3.31. The zero-order chi connectivity index (χ0) is 11.4. The van der Waals surface area contributed by atoms with E-state index in [0.29, 0.717) is 0 Å². The standard InChI is InChI=1S/C15H22/c1-6-12(5)15(11(3)4)14(7-2)13-9-8-10-13/h6-7,13H,2-3,8-10H2,1,4-5H3. The summed E-state index contributed by atoms with van der Waals surface area (Å²) in [5.41, 5.74) is 5.22. The maximum atomic E-state index is 4.09. The average Bonchev–Trinajstić information content (AvgIpc) is 2.12. The van der Waals surface area contributed by atoms with Gasteiger partial charge in [0.2, 0.25) is 0 Å². The number of hydrogen-bond donors (Lipinski definition) is 0. The number of allylic oxidation sites excluding steroid dienone is 6. The summed E-state index contributed by atoms with van der Waals surface area (Å²) < 4.78 is 0. The molecule has 1 aliphatic rings. The molecule has 0 amide bonds. The lowest BCUT2D eigenvalue weighted by atomic mass is 9.76. The van der Waals surface area contributed by atoms with E-state index in [9.17, 15) is 0 Å². The predicted octanol–water partition coefficient (Wildman–Crippen LogP) is 4.81. The molecule has 0 aliphatic heterocycles. The summed E-state index contributed by atoms with van der Waals surface area (Å²) in [6.45, 7) is 14.4. The molecule has 1 saturated carbocycles. The van der Waals surface area contributed by atoms with E-state index in [1.807, 2.05) is 6.08 Å². The zero-order valence-corrected chi connectivity index (χ0v) is 10.3. The molecule has 15 heavy (non-hydrogen) atoms. The lowest BCUT2D eigenvalue weighted by Crippen LogP contribution is -2.15. The molecule has 0 N–H and O–H groups in total. The topological polar surface area (TPSA) is 0 Å². The van der Waals surface area contributed by atoms with Crippen LogP contribution < -0.4 is 0 Å². The first kappa shape index (κ1) is 12.0. The van der Waals surface area contributed by atoms with Crippen LogP contribution in [0.2, 0.25) is 0 Å². The van der Waals surface area contributed by atoms with E-state index >= 15 is 0 Å². The SMILES string of the molecule is C=CC(=C(C(=C)C)C(C)=CC)C1CCC1. The Bertz CT molecular complexity index is 322. The van der Waals surface area contributed by atoms with Crippen LogP contribution in [0.15, 0.2) is 47.6 Å². The Balaban J connectivity index is 3.15. The lowest BCUT2D eigenvalue weighted by Gasteiger charge is -2.29. The van der Waals surface area contributed by atoms with Gasteiger partial charge in [0, 0.05) is 0 Å². The largest absolute Gasteiger partial charge is 0.0988 e. The van der Waals surface area contributed by atoms with Crippen LogP contribution in [-0.4, -0.2) is 0 Å². The van der Waals surface area contributed by atoms with Gasteiger partial charge in [-0.2, -0.15) is 0 Å². The predicted molar refractivity (Wildman–Crippen MR) is 68.8 cm³/mol. The Hall–Kier alpha value is -1.04. The summed E-state index contributed by atoms with van der Waals surface area (Å²) in [6.07, 6.45) is 8.18. The van der Waals surface area contributed by atoms with E-state index in [1.54, 1.807) is 0 Å². The summed E-state index contributed by atoms with van der Waals surface area (Å²) in [5, 5.41) is 0. The van der Waals surface area contributed by atoms with Crippen molar-refractivity contribution < 1.29 is 0 Å². The van der Waals surface area contributed by atoms with Crippen molar-refractivity contribution >= 4 is 0 Å². The van der Waals surface area contributed by atoms with Crippen LogP contribution in [0.25, 0.3) is 0 Å². The molecular formula is C15H22. The quantitative estimate of drug-likeness (QED) is 0.574. The summed E-state index contributed by atoms with van der Waals surface area (Å²) >= 11 is 0. The fourth-order valence-electron chi connectivity index (χ4n) is 2.15. The van der Waals surface area contributed by atoms with Crippen LogP contribution in [-0.2, 0) is 0 Å². The van der Waals surface area contributed by atoms with Crippen molar-refractivity contribution in [3.8, 4) is 0 Å². The molecule has 0 aromatic carbocycles. The van der Waals surface area contributed by atoms with Gasteiger partial charge in [-0.1, -0.05) is 37.3 Å². The molecule has 1 rings (SSSR count). The first-order chi connectivity index (χ1) is 7.11. The highest BCUT2D eigenvalue weighted by Crippen LogP contribution is 2.38. The molecule has 1 fully saturated rings. The minimum Gasteiger partial charge on any atom is -0.0988 e. The van der Waals surface area contributed by atoms with Gasteiger partial charge in [-0.05, 0) is 56.3 Å². The minimum atomic E-state index is 0.726. The molecular weight excluding hydrogens is 180 g/mol. The van der Waals surface area contributed by atoms with Crippen LogP contribution in [0, 0.1) is 5.92 Å². The summed E-state index contributed by atoms with van der Waals surface area (Å²) in [5.74, 6) is 0.726. The van der Waals surface area contributed by atoms with E-state index in [1.165, 1.54) is 36.0 Å². The second-order valence-electron chi connectivity index (χ2n) is 4.41. The van der Waals surface area contributed by atoms with Crippen LogP contribution in [0.3, 0.4) is 0 Å². The van der Waals surface area contributed by atoms with Crippen molar-refractivity contribution in [3.63, 3.8) is 0 Å². The molecule has 0 unspecified atom stereocenters. The maximum absolute atomic E-state index is 4.09. The van der Waals surface area contributed by atoms with Crippen LogP contribution in [0.4, 0.5) is 0 Å². The molecule has 0 radical (unpaired) electrons. The summed E-state index contributed by atoms with van der Waals surface area (Å²) in [7, 11) is 0. The van der Waals surface area contributed by atoms with Gasteiger partial charge >= 0.3 is 0 Å². The van der Waals surface area contributed by atoms with Gasteiger partial charge in [-0.25, -0.2) is 0 Å². The Morgan fingerprint density at radius 1 is 1.27 bits per heavy atom. The molecule has 0 spiro atoms. The summed E-state index contributed by atoms with van der Waals surface area (Å²) in [6, 6.07) is 0. The van der Waals surface area contributed by atoms with E-state index in [-0.39, 0.29) is 0 Å². The normalized spacial score (nSPS) is 19.3. The fraction of sp³-hybridized carbons (Fsp3) is 0.467. The Morgan fingerprint density at radius 2 is 1.87 bits per heavy atom. The molecule has 0 aromatic heterocycles. The average molecular weight is 202 g/mol. The molecule has 0 saturated heterocycles. The Morgan fingerprint density at radius 3 is 2.13 bits per heavy atom. The number of hydrogen-bond acceptors (Lipinski definition) is 0. The van der Waals surface area contributed by atoms with E-state index in [0.717, 1.165) is 11.5 Å². The van der Waals surface area contributed by atoms with Crippen molar-refractivity contribution in [2.75, 3.05) is 0 Å². The third-order valence-electron chi connectivity index (χ3n) is 3.31. The molecule has 0 bridgehead atoms. The van der Waals surface area contributed by atoms with Crippen LogP contribution in [0.5, 0.6) is 0 Å². The fourth-order valence-corrected chi connectivity index (χ4v) is 2.15. The Labute approximate surface area is 94.1 Å². The van der Waals surface area contributed by atoms with Crippen LogP contribution in [0.1, 0.15) is 40.0 Å². The third kappa shape index (κ3) is 2.50. The second-order valence-corrected chi connectivity index (χ2v) is 4.41. The van der Waals surface area contributed by atoms with E-state index < -0.39 is 0 Å². The van der Waals surface area contributed by atoms with Crippen molar-refractivity contribution in [3.05, 3.63) is 47.6 Å². The van der Waals surface area contributed by atoms with Crippen molar-refractivity contribution in [2.45, 2.75) is 40.0 Å². The lowest BCUT2D eigenvalue weighted by molar-refractivity contribution is 0.373. The van der Waals surface area contributed by atoms with Gasteiger partial charge in [0.15, 0.2) is 0 Å². The van der Waals surface area contributed by atoms with Gasteiger partial charge in [0.1, 0.15) is 0 Å². The first-order valence-electron chi connectivity index (χ1n) is 5.77. The smallest absolute Gasteiger partial charge is 0.0156 e.